The van der Waals surface area contributed by atoms with E-state index in [9.17, 15) is 8.42 Å². The zero-order valence-electron chi connectivity index (χ0n) is 14.3. The highest BCUT2D eigenvalue weighted by molar-refractivity contribution is 8.00. The van der Waals surface area contributed by atoms with E-state index in [0.29, 0.717) is 10.6 Å². The first-order valence-electron chi connectivity index (χ1n) is 7.75. The molecule has 26 heavy (non-hydrogen) atoms. The maximum Gasteiger partial charge on any atom is 0.242 e. The quantitative estimate of drug-likeness (QED) is 0.601. The van der Waals surface area contributed by atoms with Crippen LogP contribution in [0.1, 0.15) is 5.56 Å². The summed E-state index contributed by atoms with van der Waals surface area (Å²) in [6.07, 6.45) is 0. The summed E-state index contributed by atoms with van der Waals surface area (Å²) in [6.45, 7) is 0. The topological polar surface area (TPSA) is 75.2 Å². The Bertz CT molecular complexity index is 972. The summed E-state index contributed by atoms with van der Waals surface area (Å²) in [5.74, 6) is 0.622. The van der Waals surface area contributed by atoms with Gasteiger partial charge in [0.2, 0.25) is 15.2 Å². The predicted molar refractivity (Wildman–Crippen MR) is 107 cm³/mol. The highest BCUT2D eigenvalue weighted by Gasteiger charge is 2.17. The molecule has 0 aliphatic carbocycles. The molecule has 0 spiro atoms. The zero-order chi connectivity index (χ0) is 18.6. The highest BCUT2D eigenvalue weighted by Crippen LogP contribution is 2.30. The van der Waals surface area contributed by atoms with Gasteiger partial charge in [0, 0.05) is 25.5 Å². The molecule has 1 heterocycles. The Kier molecular flexibility index (Phi) is 5.92. The fraction of sp³-hybridized carbons (Fsp3) is 0.176. The molecule has 3 rings (SSSR count). The number of hydrogen-bond donors (Lipinski definition) is 1. The van der Waals surface area contributed by atoms with Crippen LogP contribution in [0.3, 0.4) is 0 Å². The summed E-state index contributed by atoms with van der Waals surface area (Å²) in [7, 11) is -0.370. The molecule has 3 aromatic rings. The smallest absolute Gasteiger partial charge is 0.242 e. The number of anilines is 2. The van der Waals surface area contributed by atoms with E-state index in [1.54, 1.807) is 18.2 Å². The van der Waals surface area contributed by atoms with Crippen LogP contribution in [-0.4, -0.2) is 37.0 Å². The molecule has 1 N–H and O–H groups in total. The molecule has 0 saturated heterocycles. The van der Waals surface area contributed by atoms with Gasteiger partial charge in [0.1, 0.15) is 0 Å². The zero-order valence-corrected chi connectivity index (χ0v) is 16.7. The molecule has 0 amide bonds. The van der Waals surface area contributed by atoms with E-state index in [1.807, 2.05) is 36.4 Å². The number of nitrogens with one attached hydrogen (secondary N) is 1. The van der Waals surface area contributed by atoms with Crippen molar-refractivity contribution in [2.45, 2.75) is 15.0 Å². The molecule has 6 nitrogen and oxygen atoms in total. The molecule has 0 unspecified atom stereocenters. The van der Waals surface area contributed by atoms with Crippen LogP contribution in [0.4, 0.5) is 10.8 Å². The van der Waals surface area contributed by atoms with Gasteiger partial charge in [0.25, 0.3) is 0 Å². The summed E-state index contributed by atoms with van der Waals surface area (Å²) in [4.78, 5) is 0.296. The first-order chi connectivity index (χ1) is 12.4. The van der Waals surface area contributed by atoms with Gasteiger partial charge in [-0.1, -0.05) is 53.4 Å². The third-order valence-corrected chi connectivity index (χ3v) is 7.33. The molecule has 0 fully saturated rings. The second kappa shape index (κ2) is 8.17. The van der Waals surface area contributed by atoms with Crippen LogP contribution < -0.4 is 5.32 Å². The standard InChI is InChI=1S/C17H18N4O2S3/c1-21(2)26(22,23)15-10-6-7-13(11-15)12-24-17-20-19-16(25-17)18-14-8-4-3-5-9-14/h3-11H,12H2,1-2H3,(H,18,19). The van der Waals surface area contributed by atoms with Gasteiger partial charge in [-0.15, -0.1) is 10.2 Å². The van der Waals surface area contributed by atoms with Crippen LogP contribution in [0.5, 0.6) is 0 Å². The lowest BCUT2D eigenvalue weighted by atomic mass is 10.2. The molecular formula is C17H18N4O2S3. The first-order valence-corrected chi connectivity index (χ1v) is 11.0. The predicted octanol–water partition coefficient (Wildman–Crippen LogP) is 3.82. The molecule has 2 aromatic carbocycles. The van der Waals surface area contributed by atoms with E-state index in [-0.39, 0.29) is 0 Å². The van der Waals surface area contributed by atoms with Crippen LogP contribution in [0.2, 0.25) is 0 Å². The highest BCUT2D eigenvalue weighted by atomic mass is 32.2. The maximum atomic E-state index is 12.2. The van der Waals surface area contributed by atoms with E-state index in [4.69, 9.17) is 0 Å². The number of sulfonamides is 1. The molecule has 1 aromatic heterocycles. The summed E-state index contributed by atoms with van der Waals surface area (Å²) >= 11 is 2.99. The van der Waals surface area contributed by atoms with Crippen molar-refractivity contribution in [3.05, 3.63) is 60.2 Å². The van der Waals surface area contributed by atoms with Crippen LogP contribution in [0.25, 0.3) is 0 Å². The Labute approximate surface area is 161 Å². The minimum atomic E-state index is -3.42. The summed E-state index contributed by atoms with van der Waals surface area (Å²) in [5.41, 5.74) is 1.88. The van der Waals surface area contributed by atoms with Gasteiger partial charge in [0.15, 0.2) is 4.34 Å². The van der Waals surface area contributed by atoms with Gasteiger partial charge >= 0.3 is 0 Å². The lowest BCUT2D eigenvalue weighted by Crippen LogP contribution is -2.22. The van der Waals surface area contributed by atoms with Gasteiger partial charge in [0.05, 0.1) is 4.90 Å². The summed E-state index contributed by atoms with van der Waals surface area (Å²) in [5, 5.41) is 12.2. The van der Waals surface area contributed by atoms with Crippen molar-refractivity contribution in [3.63, 3.8) is 0 Å². The Hall–Kier alpha value is -1.94. The average molecular weight is 407 g/mol. The third-order valence-electron chi connectivity index (χ3n) is 3.47. The van der Waals surface area contributed by atoms with Crippen molar-refractivity contribution in [1.82, 2.24) is 14.5 Å². The van der Waals surface area contributed by atoms with Crippen LogP contribution in [0, 0.1) is 0 Å². The largest absolute Gasteiger partial charge is 0.330 e. The minimum absolute atomic E-state index is 0.296. The number of rotatable bonds is 7. The molecule has 0 aliphatic heterocycles. The van der Waals surface area contributed by atoms with Crippen molar-refractivity contribution in [2.75, 3.05) is 19.4 Å². The van der Waals surface area contributed by atoms with E-state index in [1.165, 1.54) is 41.5 Å². The summed E-state index contributed by atoms with van der Waals surface area (Å²) in [6, 6.07) is 16.8. The SMILES string of the molecule is CN(C)S(=O)(=O)c1cccc(CSc2nnc(Nc3ccccc3)s2)c1. The lowest BCUT2D eigenvalue weighted by Gasteiger charge is -2.12. The van der Waals surface area contributed by atoms with E-state index in [0.717, 1.165) is 20.7 Å². The molecule has 9 heteroatoms. The first kappa shape index (κ1) is 18.8. The van der Waals surface area contributed by atoms with E-state index < -0.39 is 10.0 Å². The van der Waals surface area contributed by atoms with Crippen molar-refractivity contribution >= 4 is 43.9 Å². The monoisotopic (exact) mass is 406 g/mol. The van der Waals surface area contributed by atoms with Crippen molar-refractivity contribution in [1.29, 1.82) is 0 Å². The molecule has 0 radical (unpaired) electrons. The minimum Gasteiger partial charge on any atom is -0.330 e. The number of thioether (sulfide) groups is 1. The van der Waals surface area contributed by atoms with Crippen LogP contribution in [0.15, 0.2) is 63.8 Å². The Morgan fingerprint density at radius 3 is 2.58 bits per heavy atom. The van der Waals surface area contributed by atoms with Gasteiger partial charge < -0.3 is 5.32 Å². The lowest BCUT2D eigenvalue weighted by molar-refractivity contribution is 0.520. The fourth-order valence-electron chi connectivity index (χ4n) is 2.12. The fourth-order valence-corrected chi connectivity index (χ4v) is 4.80. The normalized spacial score (nSPS) is 11.7. The second-order valence-electron chi connectivity index (χ2n) is 5.59. The molecule has 0 saturated carbocycles. The van der Waals surface area contributed by atoms with Gasteiger partial charge in [-0.05, 0) is 29.8 Å². The number of benzene rings is 2. The maximum absolute atomic E-state index is 12.2. The van der Waals surface area contributed by atoms with Crippen molar-refractivity contribution in [2.24, 2.45) is 0 Å². The molecule has 0 aliphatic rings. The second-order valence-corrected chi connectivity index (χ2v) is 9.94. The summed E-state index contributed by atoms with van der Waals surface area (Å²) < 4.78 is 26.5. The Morgan fingerprint density at radius 1 is 1.08 bits per heavy atom. The molecule has 0 atom stereocenters. The van der Waals surface area contributed by atoms with Crippen LogP contribution in [-0.2, 0) is 15.8 Å². The Balaban J connectivity index is 1.65. The molecule has 0 bridgehead atoms. The number of nitrogens with zero attached hydrogens (tertiary/aromatic N) is 3. The van der Waals surface area contributed by atoms with Crippen LogP contribution >= 0.6 is 23.1 Å². The number of aromatic nitrogens is 2. The average Bonchev–Trinajstić information content (AvgIpc) is 3.08. The third kappa shape index (κ3) is 4.61. The van der Waals surface area contributed by atoms with Crippen molar-refractivity contribution < 1.29 is 8.42 Å². The van der Waals surface area contributed by atoms with Crippen molar-refractivity contribution in [3.8, 4) is 0 Å². The Morgan fingerprint density at radius 2 is 1.85 bits per heavy atom. The number of hydrogen-bond acceptors (Lipinski definition) is 7. The van der Waals surface area contributed by atoms with E-state index in [2.05, 4.69) is 15.5 Å². The van der Waals surface area contributed by atoms with Gasteiger partial charge in [-0.2, -0.15) is 0 Å². The molecule has 136 valence electrons. The number of para-hydroxylation sites is 1. The molecular weight excluding hydrogens is 388 g/mol. The van der Waals surface area contributed by atoms with Gasteiger partial charge in [-0.25, -0.2) is 12.7 Å². The van der Waals surface area contributed by atoms with E-state index >= 15 is 0 Å². The van der Waals surface area contributed by atoms with Gasteiger partial charge in [-0.3, -0.25) is 0 Å².